The number of aliphatic hydroxyl groups excluding tert-OH is 1. The summed E-state index contributed by atoms with van der Waals surface area (Å²) in [5.74, 6) is 7.89. The summed E-state index contributed by atoms with van der Waals surface area (Å²) in [6.07, 6.45) is 5.69. The van der Waals surface area contributed by atoms with Gasteiger partial charge in [-0.15, -0.1) is 0 Å². The molecule has 5 unspecified atom stereocenters. The molecule has 0 aromatic carbocycles. The molecule has 1 saturated heterocycles. The number of nitrogens with zero attached hydrogens (tertiary/aromatic N) is 3. The van der Waals surface area contributed by atoms with Crippen LogP contribution in [-0.4, -0.2) is 38.7 Å². The number of aliphatic hydroxyl groups is 1. The molecule has 5 atom stereocenters. The van der Waals surface area contributed by atoms with E-state index in [-0.39, 0.29) is 6.10 Å². The molecule has 1 aliphatic heterocycles. The van der Waals surface area contributed by atoms with Crippen molar-refractivity contribution in [2.75, 3.05) is 12.0 Å². The van der Waals surface area contributed by atoms with Gasteiger partial charge in [-0.05, 0) is 30.6 Å². The Labute approximate surface area is 112 Å². The molecule has 3 aliphatic rings. The first-order valence-electron chi connectivity index (χ1n) is 6.96. The normalized spacial score (nSPS) is 40.0. The van der Waals surface area contributed by atoms with Crippen LogP contribution in [0.4, 0.5) is 5.82 Å². The maximum Gasteiger partial charge on any atom is 0.158 e. The summed E-state index contributed by atoms with van der Waals surface area (Å²) >= 11 is 0. The van der Waals surface area contributed by atoms with Crippen molar-refractivity contribution < 1.29 is 5.11 Å². The van der Waals surface area contributed by atoms with Gasteiger partial charge in [0.1, 0.15) is 0 Å². The van der Waals surface area contributed by atoms with Gasteiger partial charge in [0.15, 0.2) is 5.82 Å². The van der Waals surface area contributed by atoms with Crippen molar-refractivity contribution in [3.05, 3.63) is 18.1 Å². The van der Waals surface area contributed by atoms with E-state index in [1.165, 1.54) is 12.8 Å². The van der Waals surface area contributed by atoms with Crippen LogP contribution in [-0.2, 0) is 6.54 Å². The Morgan fingerprint density at radius 3 is 2.89 bits per heavy atom. The lowest BCUT2D eigenvalue weighted by molar-refractivity contribution is 0.0480. The topological polar surface area (TPSA) is 87.3 Å². The van der Waals surface area contributed by atoms with Crippen LogP contribution in [0.3, 0.4) is 0 Å². The van der Waals surface area contributed by atoms with Crippen molar-refractivity contribution >= 4 is 5.82 Å². The van der Waals surface area contributed by atoms with E-state index in [0.717, 1.165) is 24.7 Å². The van der Waals surface area contributed by atoms with Crippen LogP contribution in [0.5, 0.6) is 0 Å². The second-order valence-corrected chi connectivity index (χ2v) is 6.10. The molecule has 4 rings (SSSR count). The minimum atomic E-state index is -0.137. The minimum absolute atomic E-state index is 0.137. The van der Waals surface area contributed by atoms with Crippen molar-refractivity contribution in [1.82, 2.24) is 14.9 Å². The molecule has 2 bridgehead atoms. The second kappa shape index (κ2) is 4.13. The standard InChI is InChI=1S/C13H19N5O/c14-17-11-4-15-9(3-16-11)6-18-5-8-1-7-2-10(8)12(18)13(7)19/h3-4,7-8,10,12-13,19H,1-2,5-6,14H2,(H,16,17). The molecule has 0 spiro atoms. The number of rotatable bonds is 3. The molecule has 2 heterocycles. The third-order valence-electron chi connectivity index (χ3n) is 5.17. The number of fused-ring (bicyclic) bond motifs is 1. The van der Waals surface area contributed by atoms with Crippen molar-refractivity contribution in [2.45, 2.75) is 31.5 Å². The van der Waals surface area contributed by atoms with Crippen LogP contribution in [0.25, 0.3) is 0 Å². The Hall–Kier alpha value is -1.24. The lowest BCUT2D eigenvalue weighted by Crippen LogP contribution is -2.40. The van der Waals surface area contributed by atoms with Gasteiger partial charge in [0.25, 0.3) is 0 Å². The first-order valence-corrected chi connectivity index (χ1v) is 6.96. The molecule has 6 nitrogen and oxygen atoms in total. The van der Waals surface area contributed by atoms with Crippen molar-refractivity contribution in [1.29, 1.82) is 0 Å². The third-order valence-corrected chi connectivity index (χ3v) is 5.17. The van der Waals surface area contributed by atoms with E-state index in [9.17, 15) is 5.11 Å². The lowest BCUT2D eigenvalue weighted by atomic mass is 9.88. The van der Waals surface area contributed by atoms with E-state index in [1.807, 2.05) is 0 Å². The fraction of sp³-hybridized carbons (Fsp3) is 0.692. The maximum atomic E-state index is 10.3. The monoisotopic (exact) mass is 261 g/mol. The summed E-state index contributed by atoms with van der Waals surface area (Å²) in [5.41, 5.74) is 3.42. The first-order chi connectivity index (χ1) is 9.26. The molecular weight excluding hydrogens is 242 g/mol. The molecular formula is C13H19N5O. The highest BCUT2D eigenvalue weighted by molar-refractivity contribution is 5.28. The van der Waals surface area contributed by atoms with Gasteiger partial charge >= 0.3 is 0 Å². The van der Waals surface area contributed by atoms with Gasteiger partial charge in [0.2, 0.25) is 0 Å². The molecule has 0 amide bonds. The molecule has 19 heavy (non-hydrogen) atoms. The molecule has 3 fully saturated rings. The number of hydrogen-bond donors (Lipinski definition) is 3. The largest absolute Gasteiger partial charge is 0.391 e. The summed E-state index contributed by atoms with van der Waals surface area (Å²) < 4.78 is 0. The number of nitrogens with one attached hydrogen (secondary N) is 1. The number of nitrogen functional groups attached to an aromatic ring is 1. The summed E-state index contributed by atoms with van der Waals surface area (Å²) in [5, 5.41) is 10.3. The fourth-order valence-corrected chi connectivity index (χ4v) is 4.44. The van der Waals surface area contributed by atoms with Gasteiger partial charge < -0.3 is 10.5 Å². The maximum absolute atomic E-state index is 10.3. The van der Waals surface area contributed by atoms with E-state index < -0.39 is 0 Å². The van der Waals surface area contributed by atoms with Gasteiger partial charge in [0.05, 0.1) is 24.2 Å². The highest BCUT2D eigenvalue weighted by Gasteiger charge is 2.58. The predicted octanol–water partition coefficient (Wildman–Crippen LogP) is -0.0367. The molecule has 2 saturated carbocycles. The van der Waals surface area contributed by atoms with Gasteiger partial charge in [-0.1, -0.05) is 0 Å². The number of nitrogens with two attached hydrogens (primary N) is 1. The third kappa shape index (κ3) is 1.67. The van der Waals surface area contributed by atoms with Crippen LogP contribution in [0.15, 0.2) is 12.4 Å². The smallest absolute Gasteiger partial charge is 0.158 e. The highest BCUT2D eigenvalue weighted by atomic mass is 16.3. The van der Waals surface area contributed by atoms with Crippen LogP contribution in [0.2, 0.25) is 0 Å². The molecule has 0 radical (unpaired) electrons. The van der Waals surface area contributed by atoms with Crippen molar-refractivity contribution in [3.8, 4) is 0 Å². The summed E-state index contributed by atoms with van der Waals surface area (Å²) in [7, 11) is 0. The fourth-order valence-electron chi connectivity index (χ4n) is 4.44. The summed E-state index contributed by atoms with van der Waals surface area (Å²) in [6.45, 7) is 1.88. The van der Waals surface area contributed by atoms with Crippen LogP contribution in [0.1, 0.15) is 18.5 Å². The van der Waals surface area contributed by atoms with E-state index >= 15 is 0 Å². The van der Waals surface area contributed by atoms with E-state index in [0.29, 0.717) is 23.7 Å². The Morgan fingerprint density at radius 2 is 2.21 bits per heavy atom. The predicted molar refractivity (Wildman–Crippen MR) is 69.8 cm³/mol. The van der Waals surface area contributed by atoms with Crippen LogP contribution >= 0.6 is 0 Å². The molecule has 2 aliphatic carbocycles. The minimum Gasteiger partial charge on any atom is -0.391 e. The van der Waals surface area contributed by atoms with E-state index in [1.54, 1.807) is 12.4 Å². The zero-order valence-electron chi connectivity index (χ0n) is 10.7. The number of hydrogen-bond acceptors (Lipinski definition) is 6. The van der Waals surface area contributed by atoms with Crippen molar-refractivity contribution in [2.24, 2.45) is 23.6 Å². The van der Waals surface area contributed by atoms with Crippen molar-refractivity contribution in [3.63, 3.8) is 0 Å². The van der Waals surface area contributed by atoms with Crippen LogP contribution < -0.4 is 11.3 Å². The summed E-state index contributed by atoms with van der Waals surface area (Å²) in [6, 6.07) is 0.345. The number of likely N-dealkylation sites (tertiary alicyclic amines) is 1. The van der Waals surface area contributed by atoms with Gasteiger partial charge in [-0.2, -0.15) is 0 Å². The van der Waals surface area contributed by atoms with E-state index in [4.69, 9.17) is 5.84 Å². The zero-order chi connectivity index (χ0) is 13.0. The number of anilines is 1. The highest BCUT2D eigenvalue weighted by Crippen LogP contribution is 2.55. The van der Waals surface area contributed by atoms with Crippen LogP contribution in [0, 0.1) is 17.8 Å². The average Bonchev–Trinajstić information content (AvgIpc) is 3.02. The Morgan fingerprint density at radius 1 is 1.32 bits per heavy atom. The van der Waals surface area contributed by atoms with Gasteiger partial charge in [0, 0.05) is 19.1 Å². The van der Waals surface area contributed by atoms with E-state index in [2.05, 4.69) is 20.3 Å². The Kier molecular flexibility index (Phi) is 2.51. The second-order valence-electron chi connectivity index (χ2n) is 6.10. The quantitative estimate of drug-likeness (QED) is 0.523. The van der Waals surface area contributed by atoms with Gasteiger partial charge in [-0.25, -0.2) is 10.8 Å². The number of hydrazine groups is 1. The number of aromatic nitrogens is 2. The zero-order valence-corrected chi connectivity index (χ0v) is 10.7. The molecule has 102 valence electrons. The van der Waals surface area contributed by atoms with Gasteiger partial charge in [-0.3, -0.25) is 9.88 Å². The Bertz CT molecular complexity index is 476. The molecule has 1 aromatic rings. The Balaban J connectivity index is 1.51. The molecule has 6 heteroatoms. The first kappa shape index (κ1) is 11.6. The molecule has 4 N–H and O–H groups in total. The molecule has 1 aromatic heterocycles. The average molecular weight is 261 g/mol. The lowest BCUT2D eigenvalue weighted by Gasteiger charge is -2.28. The summed E-state index contributed by atoms with van der Waals surface area (Å²) in [4.78, 5) is 10.9. The SMILES string of the molecule is NNc1cnc(CN2CC3CC4CC3C2C4O)cn1.